The molecule has 3 rings (SSSR count). The van der Waals surface area contributed by atoms with Crippen molar-refractivity contribution < 1.29 is 34.0 Å². The lowest BCUT2D eigenvalue weighted by Crippen LogP contribution is -2.52. The van der Waals surface area contributed by atoms with E-state index in [1.54, 1.807) is 6.92 Å². The van der Waals surface area contributed by atoms with Crippen LogP contribution < -0.4 is 0 Å². The van der Waals surface area contributed by atoms with Crippen molar-refractivity contribution >= 4 is 11.9 Å². The summed E-state index contributed by atoms with van der Waals surface area (Å²) in [5.74, 6) is -0.829. The van der Waals surface area contributed by atoms with Crippen LogP contribution in [0.25, 0.3) is 0 Å². The summed E-state index contributed by atoms with van der Waals surface area (Å²) in [4.78, 5) is 24.6. The fourth-order valence-corrected chi connectivity index (χ4v) is 6.13. The maximum absolute atomic E-state index is 13.1. The van der Waals surface area contributed by atoms with Gasteiger partial charge in [-0.1, -0.05) is 32.6 Å². The van der Waals surface area contributed by atoms with E-state index in [9.17, 15) is 19.8 Å². The number of fused-ring (bicyclic) bond motifs is 5. The molecule has 3 fully saturated rings. The van der Waals surface area contributed by atoms with Gasteiger partial charge in [-0.25, -0.2) is 4.79 Å². The highest BCUT2D eigenvalue weighted by atomic mass is 16.6. The Bertz CT molecular complexity index is 777. The summed E-state index contributed by atoms with van der Waals surface area (Å²) in [5.41, 5.74) is 0.780. The summed E-state index contributed by atoms with van der Waals surface area (Å²) >= 11 is 0. The van der Waals surface area contributed by atoms with Gasteiger partial charge in [-0.05, 0) is 62.9 Å². The van der Waals surface area contributed by atoms with Crippen LogP contribution in [0.5, 0.6) is 0 Å². The number of aliphatic hydroxyl groups excluding tert-OH is 2. The lowest BCUT2D eigenvalue weighted by atomic mass is 9.61. The van der Waals surface area contributed by atoms with Crippen molar-refractivity contribution in [3.8, 4) is 0 Å². The molecule has 33 heavy (non-hydrogen) atoms. The van der Waals surface area contributed by atoms with E-state index in [1.807, 2.05) is 13.8 Å². The lowest BCUT2D eigenvalue weighted by molar-refractivity contribution is -0.195. The number of carbonyl (C=O) groups is 2. The monoisotopic (exact) mass is 464 g/mol. The second kappa shape index (κ2) is 10.3. The highest BCUT2D eigenvalue weighted by Gasteiger charge is 2.59. The fourth-order valence-electron chi connectivity index (χ4n) is 6.13. The van der Waals surface area contributed by atoms with Crippen molar-refractivity contribution in [1.82, 2.24) is 0 Å². The maximum Gasteiger partial charge on any atom is 0.348 e. The van der Waals surface area contributed by atoms with Crippen LogP contribution >= 0.6 is 0 Å². The molecule has 2 saturated heterocycles. The zero-order chi connectivity index (χ0) is 24.5. The van der Waals surface area contributed by atoms with E-state index in [2.05, 4.69) is 13.2 Å². The Morgan fingerprint density at radius 2 is 1.97 bits per heavy atom. The zero-order valence-electron chi connectivity index (χ0n) is 20.4. The molecule has 9 atom stereocenters. The minimum atomic E-state index is -1.04. The van der Waals surface area contributed by atoms with E-state index in [0.717, 1.165) is 18.4 Å². The minimum Gasteiger partial charge on any atom is -0.454 e. The van der Waals surface area contributed by atoms with Crippen LogP contribution in [0.1, 0.15) is 66.2 Å². The quantitative estimate of drug-likeness (QED) is 0.459. The Kier molecular flexibility index (Phi) is 8.07. The molecule has 3 aliphatic rings. The first-order chi connectivity index (χ1) is 15.5. The summed E-state index contributed by atoms with van der Waals surface area (Å²) in [7, 11) is 0. The zero-order valence-corrected chi connectivity index (χ0v) is 20.4. The maximum atomic E-state index is 13.1. The smallest absolute Gasteiger partial charge is 0.348 e. The molecule has 186 valence electrons. The first-order valence-electron chi connectivity index (χ1n) is 12.2. The van der Waals surface area contributed by atoms with Crippen molar-refractivity contribution in [2.75, 3.05) is 6.61 Å². The van der Waals surface area contributed by atoms with Gasteiger partial charge in [0, 0.05) is 25.4 Å². The number of esters is 2. The molecule has 2 aliphatic heterocycles. The minimum absolute atomic E-state index is 0.0213. The average molecular weight is 465 g/mol. The van der Waals surface area contributed by atoms with Crippen molar-refractivity contribution in [2.45, 2.75) is 96.2 Å². The molecule has 2 heterocycles. The first kappa shape index (κ1) is 25.9. The van der Waals surface area contributed by atoms with Gasteiger partial charge in [0.15, 0.2) is 6.10 Å². The van der Waals surface area contributed by atoms with Gasteiger partial charge >= 0.3 is 11.9 Å². The van der Waals surface area contributed by atoms with Crippen LogP contribution in [0.3, 0.4) is 0 Å². The first-order valence-corrected chi connectivity index (χ1v) is 12.2. The van der Waals surface area contributed by atoms with Crippen LogP contribution in [0.4, 0.5) is 0 Å². The summed E-state index contributed by atoms with van der Waals surface area (Å²) in [5, 5.41) is 20.7. The van der Waals surface area contributed by atoms with E-state index < -0.39 is 35.9 Å². The standard InChI is InChI=1S/C26H40O7/c1-7-20(31-17(5)28)25(30)33-26(6)11-10-19(29)15(3)12-21-22-14(2)8-9-18(16(4)13-27)23(22)24(26)32-21/h16,18-24,27,29H,2-3,7-13H2,1,4-6H3/t16-,18+,19-,20?,21+,22+,23+,24+,26+/m0/s1. The highest BCUT2D eigenvalue weighted by molar-refractivity contribution is 5.78. The number of rotatable bonds is 6. The molecule has 1 aliphatic carbocycles. The molecule has 0 aromatic rings. The molecule has 1 saturated carbocycles. The van der Waals surface area contributed by atoms with Gasteiger partial charge in [-0.15, -0.1) is 0 Å². The van der Waals surface area contributed by atoms with Crippen molar-refractivity contribution in [2.24, 2.45) is 23.7 Å². The van der Waals surface area contributed by atoms with E-state index in [4.69, 9.17) is 14.2 Å². The Morgan fingerprint density at radius 3 is 2.58 bits per heavy atom. The van der Waals surface area contributed by atoms with E-state index in [0.29, 0.717) is 31.3 Å². The molecular formula is C26H40O7. The average Bonchev–Trinajstić information content (AvgIpc) is 3.16. The van der Waals surface area contributed by atoms with E-state index in [-0.39, 0.29) is 36.4 Å². The van der Waals surface area contributed by atoms with Crippen molar-refractivity contribution in [3.63, 3.8) is 0 Å². The Hall–Kier alpha value is -1.70. The molecule has 2 bridgehead atoms. The van der Waals surface area contributed by atoms with Gasteiger partial charge in [0.2, 0.25) is 0 Å². The molecule has 0 radical (unpaired) electrons. The van der Waals surface area contributed by atoms with Gasteiger partial charge in [-0.3, -0.25) is 4.79 Å². The number of hydrogen-bond donors (Lipinski definition) is 2. The van der Waals surface area contributed by atoms with Crippen LogP contribution in [-0.4, -0.2) is 58.8 Å². The third kappa shape index (κ3) is 5.20. The normalized spacial score (nSPS) is 38.4. The van der Waals surface area contributed by atoms with Crippen LogP contribution in [0.15, 0.2) is 24.3 Å². The molecule has 0 aromatic carbocycles. The number of carbonyl (C=O) groups excluding carboxylic acids is 2. The Balaban J connectivity index is 2.01. The summed E-state index contributed by atoms with van der Waals surface area (Å²) < 4.78 is 17.9. The SMILES string of the molecule is C=C1CC[C@H]([C@@H](C)CO)[C@@H]2[C@H]1[C@H]1CC(=C)[C@@H](O)CC[C@@](C)(OC(=O)C(CC)OC(C)=O)[C@@H]2O1. The van der Waals surface area contributed by atoms with Gasteiger partial charge in [-0.2, -0.15) is 0 Å². The number of ether oxygens (including phenoxy) is 3. The van der Waals surface area contributed by atoms with Crippen LogP contribution in [0, 0.1) is 23.7 Å². The summed E-state index contributed by atoms with van der Waals surface area (Å²) in [6.45, 7) is 15.5. The Labute approximate surface area is 197 Å². The van der Waals surface area contributed by atoms with Crippen LogP contribution in [-0.2, 0) is 23.8 Å². The molecule has 0 aromatic heterocycles. The number of hydrogen-bond acceptors (Lipinski definition) is 7. The summed E-state index contributed by atoms with van der Waals surface area (Å²) in [6.07, 6.45) is 0.988. The van der Waals surface area contributed by atoms with Gasteiger partial charge < -0.3 is 24.4 Å². The molecule has 0 amide bonds. The summed E-state index contributed by atoms with van der Waals surface area (Å²) in [6, 6.07) is 0. The third-order valence-corrected chi connectivity index (χ3v) is 8.00. The molecule has 0 spiro atoms. The molecule has 1 unspecified atom stereocenters. The predicted molar refractivity (Wildman–Crippen MR) is 123 cm³/mol. The Morgan fingerprint density at radius 1 is 1.27 bits per heavy atom. The second-order valence-electron chi connectivity index (χ2n) is 10.4. The van der Waals surface area contributed by atoms with E-state index >= 15 is 0 Å². The second-order valence-corrected chi connectivity index (χ2v) is 10.4. The number of aliphatic hydroxyl groups is 2. The predicted octanol–water partition coefficient (Wildman–Crippen LogP) is 3.33. The van der Waals surface area contributed by atoms with Gasteiger partial charge in [0.25, 0.3) is 0 Å². The van der Waals surface area contributed by atoms with Crippen molar-refractivity contribution in [1.29, 1.82) is 0 Å². The highest BCUT2D eigenvalue weighted by Crippen LogP contribution is 2.55. The van der Waals surface area contributed by atoms with E-state index in [1.165, 1.54) is 6.92 Å². The molecule has 2 N–H and O–H groups in total. The van der Waals surface area contributed by atoms with Gasteiger partial charge in [0.1, 0.15) is 11.7 Å². The lowest BCUT2D eigenvalue weighted by Gasteiger charge is -2.45. The topological polar surface area (TPSA) is 102 Å². The largest absolute Gasteiger partial charge is 0.454 e. The molecule has 7 nitrogen and oxygen atoms in total. The van der Waals surface area contributed by atoms with Gasteiger partial charge in [0.05, 0.1) is 12.2 Å². The fraction of sp³-hybridized carbons (Fsp3) is 0.769. The third-order valence-electron chi connectivity index (χ3n) is 8.00. The molecule has 7 heteroatoms. The molecular weight excluding hydrogens is 424 g/mol. The van der Waals surface area contributed by atoms with Crippen molar-refractivity contribution in [3.05, 3.63) is 24.3 Å². The van der Waals surface area contributed by atoms with Crippen LogP contribution in [0.2, 0.25) is 0 Å².